The third-order valence-corrected chi connectivity index (χ3v) is 4.28. The van der Waals surface area contributed by atoms with Gasteiger partial charge >= 0.3 is 0 Å². The van der Waals surface area contributed by atoms with Crippen LogP contribution in [-0.4, -0.2) is 22.1 Å². The average molecular weight is 331 g/mol. The normalized spacial score (nSPS) is 14.7. The van der Waals surface area contributed by atoms with Crippen molar-refractivity contribution in [1.29, 1.82) is 0 Å². The van der Waals surface area contributed by atoms with E-state index in [2.05, 4.69) is 20.8 Å². The van der Waals surface area contributed by atoms with Crippen LogP contribution >= 0.6 is 11.6 Å². The second-order valence-corrected chi connectivity index (χ2v) is 6.28. The van der Waals surface area contributed by atoms with Gasteiger partial charge < -0.3 is 10.6 Å². The molecule has 3 rings (SSSR count). The molecule has 2 N–H and O–H groups in total. The molecule has 0 unspecified atom stereocenters. The lowest BCUT2D eigenvalue weighted by atomic mass is 10.2. The second kappa shape index (κ2) is 6.96. The van der Waals surface area contributed by atoms with Gasteiger partial charge in [0, 0.05) is 16.8 Å². The van der Waals surface area contributed by atoms with E-state index in [4.69, 9.17) is 11.6 Å². The van der Waals surface area contributed by atoms with Gasteiger partial charge in [0.05, 0.1) is 0 Å². The van der Waals surface area contributed by atoms with Crippen molar-refractivity contribution >= 4 is 29.0 Å². The smallest absolute Gasteiger partial charge is 0.276 e. The molecular weight excluding hydrogens is 312 g/mol. The average Bonchev–Trinajstić information content (AvgIpc) is 3.04. The maximum absolute atomic E-state index is 12.2. The Morgan fingerprint density at radius 1 is 1.17 bits per heavy atom. The zero-order valence-electron chi connectivity index (χ0n) is 13.0. The Morgan fingerprint density at radius 3 is 2.61 bits per heavy atom. The number of rotatable bonds is 4. The summed E-state index contributed by atoms with van der Waals surface area (Å²) in [4.78, 5) is 12.2. The van der Waals surface area contributed by atoms with E-state index in [1.807, 2.05) is 6.92 Å². The van der Waals surface area contributed by atoms with Crippen LogP contribution in [0.15, 0.2) is 30.3 Å². The summed E-state index contributed by atoms with van der Waals surface area (Å²) in [5, 5.41) is 14.9. The zero-order chi connectivity index (χ0) is 16.2. The molecular formula is C17H19ClN4O. The molecule has 0 radical (unpaired) electrons. The van der Waals surface area contributed by atoms with Crippen molar-refractivity contribution in [3.05, 3.63) is 46.6 Å². The van der Waals surface area contributed by atoms with Crippen LogP contribution in [0.5, 0.6) is 0 Å². The monoisotopic (exact) mass is 330 g/mol. The van der Waals surface area contributed by atoms with E-state index >= 15 is 0 Å². The Morgan fingerprint density at radius 2 is 1.96 bits per heavy atom. The highest BCUT2D eigenvalue weighted by molar-refractivity contribution is 6.30. The summed E-state index contributed by atoms with van der Waals surface area (Å²) in [6, 6.07) is 9.28. The minimum absolute atomic E-state index is 0.282. The van der Waals surface area contributed by atoms with E-state index < -0.39 is 0 Å². The Bertz CT molecular complexity index is 696. The first-order valence-corrected chi connectivity index (χ1v) is 8.17. The van der Waals surface area contributed by atoms with Gasteiger partial charge in [-0.05, 0) is 55.7 Å². The number of nitrogens with zero attached hydrogens (tertiary/aromatic N) is 2. The molecule has 1 heterocycles. The summed E-state index contributed by atoms with van der Waals surface area (Å²) < 4.78 is 0. The van der Waals surface area contributed by atoms with E-state index in [-0.39, 0.29) is 11.6 Å². The summed E-state index contributed by atoms with van der Waals surface area (Å²) in [5.74, 6) is 0.437. The van der Waals surface area contributed by atoms with Gasteiger partial charge in [-0.1, -0.05) is 24.4 Å². The van der Waals surface area contributed by atoms with Crippen molar-refractivity contribution in [3.63, 3.8) is 0 Å². The molecule has 0 aliphatic heterocycles. The number of benzene rings is 1. The molecule has 23 heavy (non-hydrogen) atoms. The summed E-state index contributed by atoms with van der Waals surface area (Å²) >= 11 is 5.92. The molecule has 120 valence electrons. The third kappa shape index (κ3) is 3.99. The lowest BCUT2D eigenvalue weighted by Crippen LogP contribution is -2.18. The van der Waals surface area contributed by atoms with Gasteiger partial charge in [-0.25, -0.2) is 0 Å². The molecule has 1 aromatic carbocycles. The van der Waals surface area contributed by atoms with E-state index in [0.29, 0.717) is 16.8 Å². The lowest BCUT2D eigenvalue weighted by molar-refractivity contribution is 0.102. The van der Waals surface area contributed by atoms with Crippen LogP contribution in [0.1, 0.15) is 41.7 Å². The Kier molecular flexibility index (Phi) is 4.76. The van der Waals surface area contributed by atoms with Crippen LogP contribution in [0.3, 0.4) is 0 Å². The summed E-state index contributed by atoms with van der Waals surface area (Å²) in [6.07, 6.45) is 4.84. The highest BCUT2D eigenvalue weighted by Gasteiger charge is 2.16. The number of carbonyl (C=O) groups excluding carboxylic acids is 1. The van der Waals surface area contributed by atoms with Crippen molar-refractivity contribution in [2.75, 3.05) is 10.6 Å². The fraction of sp³-hybridized carbons (Fsp3) is 0.353. The van der Waals surface area contributed by atoms with Crippen molar-refractivity contribution < 1.29 is 4.79 Å². The maximum Gasteiger partial charge on any atom is 0.276 e. The summed E-state index contributed by atoms with van der Waals surface area (Å²) in [5.41, 5.74) is 1.91. The lowest BCUT2D eigenvalue weighted by Gasteiger charge is -2.12. The molecule has 1 fully saturated rings. The first-order chi connectivity index (χ1) is 11.1. The number of nitrogens with one attached hydrogen (secondary N) is 2. The quantitative estimate of drug-likeness (QED) is 0.887. The van der Waals surface area contributed by atoms with Gasteiger partial charge in [0.15, 0.2) is 5.69 Å². The van der Waals surface area contributed by atoms with E-state index in [9.17, 15) is 4.79 Å². The molecule has 5 nitrogen and oxygen atoms in total. The van der Waals surface area contributed by atoms with Gasteiger partial charge in [-0.2, -0.15) is 0 Å². The van der Waals surface area contributed by atoms with Gasteiger partial charge in [-0.15, -0.1) is 10.2 Å². The fourth-order valence-electron chi connectivity index (χ4n) is 2.76. The van der Waals surface area contributed by atoms with Crippen LogP contribution in [-0.2, 0) is 0 Å². The SMILES string of the molecule is Cc1cc(Cl)ccc1NC(=O)c1ccc(NC2CCCC2)nn1. The van der Waals surface area contributed by atoms with Crippen molar-refractivity contribution in [1.82, 2.24) is 10.2 Å². The highest BCUT2D eigenvalue weighted by atomic mass is 35.5. The molecule has 1 aliphatic carbocycles. The largest absolute Gasteiger partial charge is 0.366 e. The topological polar surface area (TPSA) is 66.9 Å². The van der Waals surface area contributed by atoms with Gasteiger partial charge in [-0.3, -0.25) is 4.79 Å². The summed E-state index contributed by atoms with van der Waals surface area (Å²) in [7, 11) is 0. The van der Waals surface area contributed by atoms with Crippen molar-refractivity contribution in [3.8, 4) is 0 Å². The Balaban J connectivity index is 1.65. The molecule has 1 aliphatic rings. The standard InChI is InChI=1S/C17H19ClN4O/c1-11-10-12(18)6-7-14(11)20-17(23)15-8-9-16(22-21-15)19-13-4-2-3-5-13/h6-10,13H,2-5H2,1H3,(H,19,22)(H,20,23). The predicted molar refractivity (Wildman–Crippen MR) is 92.1 cm³/mol. The minimum Gasteiger partial charge on any atom is -0.366 e. The number of aromatic nitrogens is 2. The number of amides is 1. The van der Waals surface area contributed by atoms with Gasteiger partial charge in [0.25, 0.3) is 5.91 Å². The number of anilines is 2. The minimum atomic E-state index is -0.282. The predicted octanol–water partition coefficient (Wildman–Crippen LogP) is 4.05. The van der Waals surface area contributed by atoms with Crippen LogP contribution in [0, 0.1) is 6.92 Å². The van der Waals surface area contributed by atoms with Crippen LogP contribution < -0.4 is 10.6 Å². The molecule has 1 amide bonds. The highest BCUT2D eigenvalue weighted by Crippen LogP contribution is 2.22. The van der Waals surface area contributed by atoms with Crippen molar-refractivity contribution in [2.24, 2.45) is 0 Å². The molecule has 0 spiro atoms. The van der Waals surface area contributed by atoms with Gasteiger partial charge in [0.1, 0.15) is 5.82 Å². The van der Waals surface area contributed by atoms with E-state index in [1.54, 1.807) is 30.3 Å². The fourth-order valence-corrected chi connectivity index (χ4v) is 2.99. The number of hydrogen-bond acceptors (Lipinski definition) is 4. The van der Waals surface area contributed by atoms with E-state index in [0.717, 1.165) is 11.4 Å². The van der Waals surface area contributed by atoms with E-state index in [1.165, 1.54) is 25.7 Å². The van der Waals surface area contributed by atoms with Crippen LogP contribution in [0.2, 0.25) is 5.02 Å². The molecule has 0 saturated heterocycles. The number of aryl methyl sites for hydroxylation is 1. The molecule has 0 atom stereocenters. The third-order valence-electron chi connectivity index (χ3n) is 4.04. The second-order valence-electron chi connectivity index (χ2n) is 5.84. The van der Waals surface area contributed by atoms with Crippen LogP contribution in [0.25, 0.3) is 0 Å². The summed E-state index contributed by atoms with van der Waals surface area (Å²) in [6.45, 7) is 1.89. The van der Waals surface area contributed by atoms with Gasteiger partial charge in [0.2, 0.25) is 0 Å². The van der Waals surface area contributed by atoms with Crippen LogP contribution in [0.4, 0.5) is 11.5 Å². The molecule has 2 aromatic rings. The molecule has 1 aromatic heterocycles. The first kappa shape index (κ1) is 15.7. The molecule has 0 bridgehead atoms. The number of carbonyl (C=O) groups is 1. The Labute approximate surface area is 140 Å². The maximum atomic E-state index is 12.2. The van der Waals surface area contributed by atoms with Crippen molar-refractivity contribution in [2.45, 2.75) is 38.6 Å². The number of hydrogen-bond donors (Lipinski definition) is 2. The number of halogens is 1. The first-order valence-electron chi connectivity index (χ1n) is 7.79. The zero-order valence-corrected chi connectivity index (χ0v) is 13.7. The Hall–Kier alpha value is -2.14. The molecule has 1 saturated carbocycles. The molecule has 6 heteroatoms.